The maximum atomic E-state index is 14.2. The van der Waals surface area contributed by atoms with Crippen molar-refractivity contribution in [2.75, 3.05) is 13.7 Å². The molecule has 1 aromatic carbocycles. The van der Waals surface area contributed by atoms with Gasteiger partial charge in [-0.05, 0) is 24.6 Å². The molecule has 2 rings (SSSR count). The van der Waals surface area contributed by atoms with Crippen LogP contribution in [0.3, 0.4) is 0 Å². The number of nitrogens with zero attached hydrogens (tertiary/aromatic N) is 1. The summed E-state index contributed by atoms with van der Waals surface area (Å²) in [5.41, 5.74) is 1.87. The minimum atomic E-state index is -1.05. The van der Waals surface area contributed by atoms with E-state index in [1.54, 1.807) is 17.6 Å². The second-order valence-electron chi connectivity index (χ2n) is 4.63. The highest BCUT2D eigenvalue weighted by atomic mass is 19.1. The van der Waals surface area contributed by atoms with Gasteiger partial charge in [0.15, 0.2) is 17.9 Å². The predicted octanol–water partition coefficient (Wildman–Crippen LogP) is 1.29. The van der Waals surface area contributed by atoms with E-state index in [1.165, 1.54) is 13.2 Å². The molecule has 0 spiro atoms. The summed E-state index contributed by atoms with van der Waals surface area (Å²) in [5, 5.41) is 28.5. The number of hydrogen-bond acceptors (Lipinski definition) is 4. The molecule has 3 N–H and O–H groups in total. The molecular weight excluding hydrogens is 265 g/mol. The number of phenols is 1. The van der Waals surface area contributed by atoms with Crippen molar-refractivity contribution in [2.45, 2.75) is 26.2 Å². The van der Waals surface area contributed by atoms with Crippen molar-refractivity contribution in [3.05, 3.63) is 29.2 Å². The van der Waals surface area contributed by atoms with Crippen molar-refractivity contribution in [3.8, 4) is 5.75 Å². The summed E-state index contributed by atoms with van der Waals surface area (Å²) in [6, 6.07) is 2.88. The molecule has 0 aliphatic heterocycles. The standard InChI is InChI=1S/C14H18FNO4/c1-8-9(7-12(19)20-2)13-10(16(8)5-6-17)3-4-11(18)14(13)15/h3-4,12,17-19H,5-7H2,1-2H3. The van der Waals surface area contributed by atoms with E-state index < -0.39 is 17.9 Å². The Kier molecular flexibility index (Phi) is 4.27. The molecule has 0 aliphatic rings. The van der Waals surface area contributed by atoms with Gasteiger partial charge in [-0.25, -0.2) is 4.39 Å². The highest BCUT2D eigenvalue weighted by Crippen LogP contribution is 2.33. The minimum absolute atomic E-state index is 0.0839. The number of rotatable bonds is 5. The number of ether oxygens (including phenoxy) is 1. The first-order valence-corrected chi connectivity index (χ1v) is 6.32. The topological polar surface area (TPSA) is 74.9 Å². The van der Waals surface area contributed by atoms with Gasteiger partial charge in [0, 0.05) is 31.2 Å². The van der Waals surface area contributed by atoms with Gasteiger partial charge in [0.05, 0.1) is 12.1 Å². The zero-order valence-electron chi connectivity index (χ0n) is 11.4. The number of aliphatic hydroxyl groups excluding tert-OH is 2. The van der Waals surface area contributed by atoms with Crippen LogP contribution in [0, 0.1) is 12.7 Å². The molecular formula is C14H18FNO4. The van der Waals surface area contributed by atoms with E-state index in [2.05, 4.69) is 0 Å². The normalized spacial score (nSPS) is 13.1. The molecule has 0 bridgehead atoms. The molecule has 2 aromatic rings. The van der Waals surface area contributed by atoms with Crippen molar-refractivity contribution >= 4 is 10.9 Å². The zero-order valence-corrected chi connectivity index (χ0v) is 11.4. The quantitative estimate of drug-likeness (QED) is 0.723. The Bertz CT molecular complexity index is 623. The van der Waals surface area contributed by atoms with Gasteiger partial charge in [-0.3, -0.25) is 0 Å². The Balaban J connectivity index is 2.70. The largest absolute Gasteiger partial charge is 0.505 e. The fourth-order valence-electron chi connectivity index (χ4n) is 2.49. The maximum absolute atomic E-state index is 14.2. The van der Waals surface area contributed by atoms with Crippen LogP contribution in [0.25, 0.3) is 10.9 Å². The Labute approximate surface area is 115 Å². The molecule has 0 radical (unpaired) electrons. The van der Waals surface area contributed by atoms with Crippen LogP contribution < -0.4 is 0 Å². The lowest BCUT2D eigenvalue weighted by Crippen LogP contribution is -2.13. The molecule has 5 nitrogen and oxygen atoms in total. The number of benzene rings is 1. The average molecular weight is 283 g/mol. The Morgan fingerprint density at radius 3 is 2.70 bits per heavy atom. The van der Waals surface area contributed by atoms with Crippen LogP contribution in [0.15, 0.2) is 12.1 Å². The number of aromatic nitrogens is 1. The summed E-state index contributed by atoms with van der Waals surface area (Å²) < 4.78 is 20.8. The molecule has 1 aromatic heterocycles. The molecule has 0 fully saturated rings. The van der Waals surface area contributed by atoms with E-state index in [0.717, 1.165) is 5.69 Å². The van der Waals surface area contributed by atoms with Gasteiger partial charge in [-0.2, -0.15) is 0 Å². The lowest BCUT2D eigenvalue weighted by molar-refractivity contribution is -0.0719. The lowest BCUT2D eigenvalue weighted by atomic mass is 10.1. The van der Waals surface area contributed by atoms with Crippen LogP contribution in [0.1, 0.15) is 11.3 Å². The molecule has 1 heterocycles. The number of aromatic hydroxyl groups is 1. The predicted molar refractivity (Wildman–Crippen MR) is 72.1 cm³/mol. The van der Waals surface area contributed by atoms with Gasteiger partial charge in [0.1, 0.15) is 0 Å². The van der Waals surface area contributed by atoms with Crippen LogP contribution in [-0.4, -0.2) is 39.9 Å². The van der Waals surface area contributed by atoms with Crippen LogP contribution in [0.5, 0.6) is 5.75 Å². The third kappa shape index (κ3) is 2.37. The summed E-state index contributed by atoms with van der Waals surface area (Å²) in [6.07, 6.45) is -0.943. The monoisotopic (exact) mass is 283 g/mol. The van der Waals surface area contributed by atoms with Crippen LogP contribution in [-0.2, 0) is 17.7 Å². The van der Waals surface area contributed by atoms with Crippen molar-refractivity contribution < 1.29 is 24.4 Å². The maximum Gasteiger partial charge on any atom is 0.174 e. The van der Waals surface area contributed by atoms with Gasteiger partial charge < -0.3 is 24.6 Å². The highest BCUT2D eigenvalue weighted by Gasteiger charge is 2.21. The summed E-state index contributed by atoms with van der Waals surface area (Å²) in [5.74, 6) is -1.16. The number of phenolic OH excluding ortho intramolecular Hbond substituents is 1. The van der Waals surface area contributed by atoms with Crippen molar-refractivity contribution in [3.63, 3.8) is 0 Å². The summed E-state index contributed by atoms with van der Waals surface area (Å²) in [4.78, 5) is 0. The third-order valence-corrected chi connectivity index (χ3v) is 3.51. The number of halogens is 1. The van der Waals surface area contributed by atoms with Crippen LogP contribution in [0.2, 0.25) is 0 Å². The van der Waals surface area contributed by atoms with E-state index in [9.17, 15) is 14.6 Å². The Hall–Kier alpha value is -1.63. The SMILES string of the molecule is COC(O)Cc1c(C)n(CCO)c2ccc(O)c(F)c12. The molecule has 0 saturated carbocycles. The van der Waals surface area contributed by atoms with Gasteiger partial charge in [-0.15, -0.1) is 0 Å². The highest BCUT2D eigenvalue weighted by molar-refractivity contribution is 5.87. The van der Waals surface area contributed by atoms with E-state index in [1.807, 2.05) is 0 Å². The molecule has 1 unspecified atom stereocenters. The molecule has 0 amide bonds. The van der Waals surface area contributed by atoms with Crippen LogP contribution in [0.4, 0.5) is 4.39 Å². The molecule has 0 saturated heterocycles. The summed E-state index contributed by atoms with van der Waals surface area (Å²) in [7, 11) is 1.36. The molecule has 20 heavy (non-hydrogen) atoms. The first-order valence-electron chi connectivity index (χ1n) is 6.32. The van der Waals surface area contributed by atoms with Crippen molar-refractivity contribution in [2.24, 2.45) is 0 Å². The molecule has 110 valence electrons. The summed E-state index contributed by atoms with van der Waals surface area (Å²) >= 11 is 0. The van der Waals surface area contributed by atoms with Gasteiger partial charge in [-0.1, -0.05) is 0 Å². The molecule has 6 heteroatoms. The van der Waals surface area contributed by atoms with Gasteiger partial charge in [0.25, 0.3) is 0 Å². The summed E-state index contributed by atoms with van der Waals surface area (Å²) in [6.45, 7) is 2.01. The van der Waals surface area contributed by atoms with E-state index in [4.69, 9.17) is 9.84 Å². The first-order chi connectivity index (χ1) is 9.51. The van der Waals surface area contributed by atoms with E-state index >= 15 is 0 Å². The minimum Gasteiger partial charge on any atom is -0.505 e. The second-order valence-corrected chi connectivity index (χ2v) is 4.63. The second kappa shape index (κ2) is 5.78. The smallest absolute Gasteiger partial charge is 0.174 e. The number of hydrogen-bond donors (Lipinski definition) is 3. The fraction of sp³-hybridized carbons (Fsp3) is 0.429. The third-order valence-electron chi connectivity index (χ3n) is 3.51. The average Bonchev–Trinajstić information content (AvgIpc) is 2.69. The zero-order chi connectivity index (χ0) is 14.9. The Morgan fingerprint density at radius 1 is 1.40 bits per heavy atom. The van der Waals surface area contributed by atoms with Gasteiger partial charge in [0.2, 0.25) is 0 Å². The van der Waals surface area contributed by atoms with Crippen molar-refractivity contribution in [1.82, 2.24) is 4.57 Å². The van der Waals surface area contributed by atoms with E-state index in [0.29, 0.717) is 17.6 Å². The van der Waals surface area contributed by atoms with Crippen molar-refractivity contribution in [1.29, 1.82) is 0 Å². The number of fused-ring (bicyclic) bond motifs is 1. The fourth-order valence-corrected chi connectivity index (χ4v) is 2.49. The van der Waals surface area contributed by atoms with Crippen LogP contribution >= 0.6 is 0 Å². The number of methoxy groups -OCH3 is 1. The molecule has 1 atom stereocenters. The first kappa shape index (κ1) is 14.8. The lowest BCUT2D eigenvalue weighted by Gasteiger charge is -2.09. The Morgan fingerprint density at radius 2 is 2.10 bits per heavy atom. The molecule has 0 aliphatic carbocycles. The number of aliphatic hydroxyl groups is 2. The van der Waals surface area contributed by atoms with E-state index in [-0.39, 0.29) is 18.4 Å². The van der Waals surface area contributed by atoms with Gasteiger partial charge >= 0.3 is 0 Å².